The minimum absolute atomic E-state index is 0.0238. The van der Waals surface area contributed by atoms with Crippen molar-refractivity contribution in [3.8, 4) is 6.07 Å². The fourth-order valence-corrected chi connectivity index (χ4v) is 3.37. The van der Waals surface area contributed by atoms with Crippen LogP contribution in [0.25, 0.3) is 10.9 Å². The third kappa shape index (κ3) is 2.49. The Labute approximate surface area is 146 Å². The molecule has 2 unspecified atom stereocenters. The number of halogens is 3. The highest BCUT2D eigenvalue weighted by Crippen LogP contribution is 2.40. The number of fused-ring (bicyclic) bond motifs is 1. The zero-order valence-corrected chi connectivity index (χ0v) is 13.7. The van der Waals surface area contributed by atoms with Crippen LogP contribution in [0.2, 0.25) is 15.2 Å². The Morgan fingerprint density at radius 2 is 1.83 bits per heavy atom. The maximum Gasteiger partial charge on any atom is 0.164 e. The quantitative estimate of drug-likeness (QED) is 0.744. The van der Waals surface area contributed by atoms with Gasteiger partial charge in [-0.3, -0.25) is 0 Å². The van der Waals surface area contributed by atoms with E-state index in [4.69, 9.17) is 39.5 Å². The summed E-state index contributed by atoms with van der Waals surface area (Å²) >= 11 is 18.3. The normalized spacial score (nSPS) is 27.5. The number of aliphatic hydroxyl groups excluding tert-OH is 3. The molecule has 1 aliphatic rings. The van der Waals surface area contributed by atoms with E-state index in [1.807, 2.05) is 6.07 Å². The van der Waals surface area contributed by atoms with Gasteiger partial charge in [-0.15, -0.1) is 0 Å². The molecule has 23 heavy (non-hydrogen) atoms. The predicted octanol–water partition coefficient (Wildman–Crippen LogP) is 2.08. The zero-order valence-electron chi connectivity index (χ0n) is 11.4. The van der Waals surface area contributed by atoms with Crippen LogP contribution < -0.4 is 0 Å². The highest BCUT2D eigenvalue weighted by atomic mass is 35.5. The van der Waals surface area contributed by atoms with E-state index in [0.717, 1.165) is 0 Å². The van der Waals surface area contributed by atoms with Gasteiger partial charge < -0.3 is 24.6 Å². The van der Waals surface area contributed by atoms with E-state index in [9.17, 15) is 20.6 Å². The Balaban J connectivity index is 2.24. The van der Waals surface area contributed by atoms with Crippen LogP contribution in [0.4, 0.5) is 0 Å². The van der Waals surface area contributed by atoms with Crippen LogP contribution in [-0.4, -0.2) is 44.8 Å². The first-order valence-electron chi connectivity index (χ1n) is 6.61. The molecule has 122 valence electrons. The van der Waals surface area contributed by atoms with Gasteiger partial charge in [-0.25, -0.2) is 0 Å². The lowest BCUT2D eigenvalue weighted by Gasteiger charge is -2.19. The molecule has 4 atom stereocenters. The molecule has 0 saturated carbocycles. The van der Waals surface area contributed by atoms with E-state index in [0.29, 0.717) is 10.9 Å². The van der Waals surface area contributed by atoms with Crippen molar-refractivity contribution in [3.63, 3.8) is 0 Å². The number of nitrogens with zero attached hydrogens (tertiary/aromatic N) is 2. The molecule has 0 bridgehead atoms. The molecular weight excluding hydrogens is 367 g/mol. The van der Waals surface area contributed by atoms with Crippen LogP contribution in [0.1, 0.15) is 11.8 Å². The van der Waals surface area contributed by atoms with Gasteiger partial charge in [0.25, 0.3) is 0 Å². The summed E-state index contributed by atoms with van der Waals surface area (Å²) < 4.78 is 6.84. The van der Waals surface area contributed by atoms with Crippen LogP contribution in [0.5, 0.6) is 0 Å². The van der Waals surface area contributed by atoms with Crippen molar-refractivity contribution >= 4 is 45.7 Å². The Bertz CT molecular complexity index is 817. The highest BCUT2D eigenvalue weighted by Gasteiger charge is 2.44. The van der Waals surface area contributed by atoms with Gasteiger partial charge in [0, 0.05) is 5.39 Å². The lowest BCUT2D eigenvalue weighted by Crippen LogP contribution is -2.33. The molecule has 0 aliphatic carbocycles. The Hall–Kier alpha value is -1.04. The molecule has 1 aromatic heterocycles. The highest BCUT2D eigenvalue weighted by molar-refractivity contribution is 6.43. The monoisotopic (exact) mass is 376 g/mol. The first-order valence-corrected chi connectivity index (χ1v) is 7.75. The van der Waals surface area contributed by atoms with Gasteiger partial charge in [0.1, 0.15) is 29.5 Å². The number of ether oxygens (including phenoxy) is 1. The first kappa shape index (κ1) is 16.8. The lowest BCUT2D eigenvalue weighted by molar-refractivity contribution is -0.0505. The number of hydrogen-bond donors (Lipinski definition) is 3. The second-order valence-corrected chi connectivity index (χ2v) is 6.33. The molecular formula is C14H11Cl3N2O4. The topological polar surface area (TPSA) is 98.6 Å². The largest absolute Gasteiger partial charge is 0.394 e. The summed E-state index contributed by atoms with van der Waals surface area (Å²) in [5.41, 5.74) is 0.578. The van der Waals surface area contributed by atoms with E-state index in [1.54, 1.807) is 0 Å². The summed E-state index contributed by atoms with van der Waals surface area (Å²) in [7, 11) is 0. The molecule has 1 aliphatic heterocycles. The van der Waals surface area contributed by atoms with Crippen molar-refractivity contribution in [1.29, 1.82) is 5.26 Å². The maximum atomic E-state index is 10.2. The van der Waals surface area contributed by atoms with Gasteiger partial charge in [-0.1, -0.05) is 34.8 Å². The number of nitriles is 1. The third-order valence-corrected chi connectivity index (χ3v) is 4.96. The maximum absolute atomic E-state index is 10.2. The molecule has 3 N–H and O–H groups in total. The smallest absolute Gasteiger partial charge is 0.164 e. The van der Waals surface area contributed by atoms with Gasteiger partial charge in [-0.05, 0) is 12.1 Å². The average Bonchev–Trinajstić information content (AvgIpc) is 2.94. The lowest BCUT2D eigenvalue weighted by atomic mass is 10.1. The second kappa shape index (κ2) is 6.11. The molecule has 1 saturated heterocycles. The molecule has 6 nitrogen and oxygen atoms in total. The van der Waals surface area contributed by atoms with E-state index >= 15 is 0 Å². The Kier molecular flexibility index (Phi) is 4.47. The molecule has 1 fully saturated rings. The van der Waals surface area contributed by atoms with E-state index < -0.39 is 31.1 Å². The Morgan fingerprint density at radius 3 is 2.39 bits per heavy atom. The van der Waals surface area contributed by atoms with Crippen molar-refractivity contribution in [1.82, 2.24) is 4.57 Å². The first-order chi connectivity index (χ1) is 10.9. The number of aliphatic hydroxyl groups is 3. The van der Waals surface area contributed by atoms with Gasteiger partial charge in [0.05, 0.1) is 27.7 Å². The van der Waals surface area contributed by atoms with E-state index in [2.05, 4.69) is 0 Å². The van der Waals surface area contributed by atoms with E-state index in [-0.39, 0.29) is 20.8 Å². The van der Waals surface area contributed by atoms with Crippen molar-refractivity contribution in [2.75, 3.05) is 6.61 Å². The molecule has 1 aromatic carbocycles. The van der Waals surface area contributed by atoms with Crippen molar-refractivity contribution in [3.05, 3.63) is 32.9 Å². The predicted molar refractivity (Wildman–Crippen MR) is 84.7 cm³/mol. The molecule has 2 aromatic rings. The second-order valence-electron chi connectivity index (χ2n) is 5.16. The molecule has 0 radical (unpaired) electrons. The number of aromatic nitrogens is 1. The fraction of sp³-hybridized carbons (Fsp3) is 0.357. The summed E-state index contributed by atoms with van der Waals surface area (Å²) in [5.74, 6) is 0. The Morgan fingerprint density at radius 1 is 1.17 bits per heavy atom. The average molecular weight is 378 g/mol. The zero-order chi connectivity index (χ0) is 16.9. The van der Waals surface area contributed by atoms with Crippen LogP contribution in [0.15, 0.2) is 12.1 Å². The summed E-state index contributed by atoms with van der Waals surface area (Å²) in [6.07, 6.45) is -4.65. The summed E-state index contributed by atoms with van der Waals surface area (Å²) in [5, 5.41) is 39.6. The van der Waals surface area contributed by atoms with Gasteiger partial charge in [-0.2, -0.15) is 5.26 Å². The van der Waals surface area contributed by atoms with Crippen LogP contribution >= 0.6 is 34.8 Å². The molecule has 0 spiro atoms. The summed E-state index contributed by atoms with van der Waals surface area (Å²) in [6.45, 7) is -0.469. The number of benzene rings is 1. The van der Waals surface area contributed by atoms with Gasteiger partial charge in [0.2, 0.25) is 0 Å². The van der Waals surface area contributed by atoms with Crippen LogP contribution in [0.3, 0.4) is 0 Å². The molecule has 0 amide bonds. The van der Waals surface area contributed by atoms with Crippen molar-refractivity contribution in [2.24, 2.45) is 0 Å². The standard InChI is InChI=1S/C14H11Cl3N2O4/c15-7-1-5-6(3-18)13(17)19(9(5)2-8(7)16)14-12(22)11(21)10(4-20)23-14/h1-2,10-12,14,20-22H,4H2/t10-,11?,12?,14-/m1/s1. The summed E-state index contributed by atoms with van der Waals surface area (Å²) in [6, 6.07) is 4.98. The summed E-state index contributed by atoms with van der Waals surface area (Å²) in [4.78, 5) is 0. The minimum Gasteiger partial charge on any atom is -0.394 e. The van der Waals surface area contributed by atoms with Crippen LogP contribution in [-0.2, 0) is 4.74 Å². The van der Waals surface area contributed by atoms with Gasteiger partial charge in [0.15, 0.2) is 6.23 Å². The fourth-order valence-electron chi connectivity index (χ4n) is 2.72. The third-order valence-electron chi connectivity index (χ3n) is 3.87. The van der Waals surface area contributed by atoms with Crippen molar-refractivity contribution in [2.45, 2.75) is 24.5 Å². The minimum atomic E-state index is -1.33. The SMILES string of the molecule is N#Cc1c(Cl)n([C@@H]2O[C@H](CO)C(O)C2O)c2cc(Cl)c(Cl)cc12. The molecule has 2 heterocycles. The van der Waals surface area contributed by atoms with Crippen LogP contribution in [0, 0.1) is 11.3 Å². The van der Waals surface area contributed by atoms with E-state index in [1.165, 1.54) is 16.7 Å². The number of rotatable bonds is 2. The molecule has 9 heteroatoms. The molecule has 3 rings (SSSR count). The van der Waals surface area contributed by atoms with Gasteiger partial charge >= 0.3 is 0 Å². The number of hydrogen-bond acceptors (Lipinski definition) is 5. The van der Waals surface area contributed by atoms with Crippen molar-refractivity contribution < 1.29 is 20.1 Å².